The minimum absolute atomic E-state index is 0.00106. The Balaban J connectivity index is 1.76. The van der Waals surface area contributed by atoms with Crippen LogP contribution < -0.4 is 5.32 Å². The van der Waals surface area contributed by atoms with Crippen molar-refractivity contribution >= 4 is 21.6 Å². The fraction of sp³-hybridized carbons (Fsp3) is 0.0667. The summed E-state index contributed by atoms with van der Waals surface area (Å²) in [5, 5.41) is 6.70. The van der Waals surface area contributed by atoms with E-state index in [2.05, 4.69) is 31.4 Å². The quantitative estimate of drug-likeness (QED) is 0.672. The van der Waals surface area contributed by atoms with Crippen LogP contribution in [0, 0.1) is 17.5 Å². The van der Waals surface area contributed by atoms with Gasteiger partial charge in [0, 0.05) is 15.7 Å². The number of halogens is 4. The number of hydrogen-bond donors (Lipinski definition) is 1. The minimum atomic E-state index is -1.53. The van der Waals surface area contributed by atoms with Crippen molar-refractivity contribution in [3.8, 4) is 11.4 Å². The molecule has 0 unspecified atom stereocenters. The SMILES string of the molecule is Fc1cc(-c2noc(CNc3cccc(Br)c3)n2)cc(F)c1F. The van der Waals surface area contributed by atoms with E-state index in [1.807, 2.05) is 24.3 Å². The van der Waals surface area contributed by atoms with Crippen LogP contribution in [-0.2, 0) is 6.54 Å². The molecule has 23 heavy (non-hydrogen) atoms. The van der Waals surface area contributed by atoms with E-state index in [-0.39, 0.29) is 23.8 Å². The lowest BCUT2D eigenvalue weighted by Crippen LogP contribution is -1.99. The summed E-state index contributed by atoms with van der Waals surface area (Å²) < 4.78 is 45.3. The molecule has 4 nitrogen and oxygen atoms in total. The van der Waals surface area contributed by atoms with Gasteiger partial charge in [0.25, 0.3) is 0 Å². The van der Waals surface area contributed by atoms with Crippen molar-refractivity contribution in [2.75, 3.05) is 5.32 Å². The van der Waals surface area contributed by atoms with Gasteiger partial charge in [-0.05, 0) is 30.3 Å². The molecule has 0 amide bonds. The van der Waals surface area contributed by atoms with Gasteiger partial charge < -0.3 is 9.84 Å². The molecule has 0 aliphatic rings. The molecule has 1 N–H and O–H groups in total. The van der Waals surface area contributed by atoms with Gasteiger partial charge >= 0.3 is 0 Å². The van der Waals surface area contributed by atoms with Crippen molar-refractivity contribution in [2.45, 2.75) is 6.54 Å². The number of hydrogen-bond acceptors (Lipinski definition) is 4. The fourth-order valence-electron chi connectivity index (χ4n) is 1.90. The highest BCUT2D eigenvalue weighted by Crippen LogP contribution is 2.22. The Kier molecular flexibility index (Phi) is 4.33. The summed E-state index contributed by atoms with van der Waals surface area (Å²) in [5.41, 5.74) is 0.830. The standard InChI is InChI=1S/C15H9BrF3N3O/c16-9-2-1-3-10(6-9)20-7-13-21-15(22-23-13)8-4-11(17)14(19)12(18)5-8/h1-6,20H,7H2. The first-order valence-electron chi connectivity index (χ1n) is 6.50. The zero-order valence-corrected chi connectivity index (χ0v) is 13.1. The average molecular weight is 384 g/mol. The molecule has 0 aliphatic carbocycles. The molecular formula is C15H9BrF3N3O. The Morgan fingerprint density at radius 2 is 1.83 bits per heavy atom. The second kappa shape index (κ2) is 6.41. The van der Waals surface area contributed by atoms with Crippen LogP contribution in [0.4, 0.5) is 18.9 Å². The third-order valence-corrected chi connectivity index (χ3v) is 3.47. The van der Waals surface area contributed by atoms with Crippen molar-refractivity contribution in [1.29, 1.82) is 0 Å². The predicted octanol–water partition coefficient (Wildman–Crippen LogP) is 4.53. The molecule has 0 bridgehead atoms. The maximum absolute atomic E-state index is 13.2. The highest BCUT2D eigenvalue weighted by atomic mass is 79.9. The van der Waals surface area contributed by atoms with E-state index in [0.717, 1.165) is 22.3 Å². The number of nitrogens with zero attached hydrogens (tertiary/aromatic N) is 2. The zero-order valence-electron chi connectivity index (χ0n) is 11.5. The summed E-state index contributed by atoms with van der Waals surface area (Å²) in [6.45, 7) is 0.232. The first-order valence-corrected chi connectivity index (χ1v) is 7.29. The molecule has 0 atom stereocenters. The zero-order chi connectivity index (χ0) is 16.4. The Labute approximate surface area is 137 Å². The van der Waals surface area contributed by atoms with Crippen LogP contribution in [0.5, 0.6) is 0 Å². The molecule has 3 rings (SSSR count). The van der Waals surface area contributed by atoms with Gasteiger partial charge in [-0.3, -0.25) is 0 Å². The second-order valence-corrected chi connectivity index (χ2v) is 5.55. The van der Waals surface area contributed by atoms with Crippen LogP contribution in [0.3, 0.4) is 0 Å². The molecule has 1 heterocycles. The number of rotatable bonds is 4. The lowest BCUT2D eigenvalue weighted by Gasteiger charge is -2.02. The normalized spacial score (nSPS) is 10.8. The van der Waals surface area contributed by atoms with E-state index >= 15 is 0 Å². The van der Waals surface area contributed by atoms with Crippen LogP contribution in [-0.4, -0.2) is 10.1 Å². The van der Waals surface area contributed by atoms with Gasteiger partial charge in [-0.2, -0.15) is 4.98 Å². The largest absolute Gasteiger partial charge is 0.376 e. The highest BCUT2D eigenvalue weighted by Gasteiger charge is 2.15. The van der Waals surface area contributed by atoms with Gasteiger partial charge in [0.1, 0.15) is 0 Å². The molecule has 0 spiro atoms. The Bertz CT molecular complexity index is 830. The van der Waals surface area contributed by atoms with Gasteiger partial charge in [0.15, 0.2) is 17.5 Å². The topological polar surface area (TPSA) is 51.0 Å². The third kappa shape index (κ3) is 3.53. The monoisotopic (exact) mass is 383 g/mol. The van der Waals surface area contributed by atoms with Gasteiger partial charge in [-0.1, -0.05) is 27.2 Å². The molecular weight excluding hydrogens is 375 g/mol. The first-order chi connectivity index (χ1) is 11.0. The summed E-state index contributed by atoms with van der Waals surface area (Å²) in [7, 11) is 0. The molecule has 1 aromatic heterocycles. The number of benzene rings is 2. The average Bonchev–Trinajstić information content (AvgIpc) is 2.99. The number of nitrogens with one attached hydrogen (secondary N) is 1. The summed E-state index contributed by atoms with van der Waals surface area (Å²) >= 11 is 3.35. The van der Waals surface area contributed by atoms with Gasteiger partial charge in [0.05, 0.1) is 6.54 Å². The number of anilines is 1. The van der Waals surface area contributed by atoms with Crippen LogP contribution in [0.2, 0.25) is 0 Å². The molecule has 0 saturated carbocycles. The van der Waals surface area contributed by atoms with Crippen LogP contribution >= 0.6 is 15.9 Å². The Morgan fingerprint density at radius 1 is 1.09 bits per heavy atom. The van der Waals surface area contributed by atoms with Crippen LogP contribution in [0.15, 0.2) is 45.4 Å². The summed E-state index contributed by atoms with van der Waals surface area (Å²) in [6.07, 6.45) is 0. The highest BCUT2D eigenvalue weighted by molar-refractivity contribution is 9.10. The van der Waals surface area contributed by atoms with Gasteiger partial charge in [-0.15, -0.1) is 0 Å². The van der Waals surface area contributed by atoms with E-state index in [1.54, 1.807) is 0 Å². The van der Waals surface area contributed by atoms with Crippen molar-refractivity contribution in [3.63, 3.8) is 0 Å². The molecule has 0 aliphatic heterocycles. The van der Waals surface area contributed by atoms with E-state index in [4.69, 9.17) is 4.52 Å². The van der Waals surface area contributed by atoms with Crippen molar-refractivity contribution in [3.05, 3.63) is 64.2 Å². The molecule has 0 radical (unpaired) electrons. The maximum Gasteiger partial charge on any atom is 0.246 e. The Morgan fingerprint density at radius 3 is 2.52 bits per heavy atom. The second-order valence-electron chi connectivity index (χ2n) is 4.63. The number of aromatic nitrogens is 2. The van der Waals surface area contributed by atoms with Crippen molar-refractivity contribution < 1.29 is 17.7 Å². The summed E-state index contributed by atoms with van der Waals surface area (Å²) in [5.74, 6) is -3.94. The Hall–Kier alpha value is -2.35. The van der Waals surface area contributed by atoms with Gasteiger partial charge in [-0.25, -0.2) is 13.2 Å². The van der Waals surface area contributed by atoms with E-state index in [9.17, 15) is 13.2 Å². The minimum Gasteiger partial charge on any atom is -0.376 e. The molecule has 3 aromatic rings. The van der Waals surface area contributed by atoms with Crippen molar-refractivity contribution in [1.82, 2.24) is 10.1 Å². The van der Waals surface area contributed by atoms with Gasteiger partial charge in [0.2, 0.25) is 11.7 Å². The first kappa shape index (κ1) is 15.5. The van der Waals surface area contributed by atoms with E-state index < -0.39 is 17.5 Å². The van der Waals surface area contributed by atoms with Crippen LogP contribution in [0.25, 0.3) is 11.4 Å². The summed E-state index contributed by atoms with van der Waals surface area (Å²) in [4.78, 5) is 4.02. The third-order valence-electron chi connectivity index (χ3n) is 2.98. The van der Waals surface area contributed by atoms with E-state index in [1.165, 1.54) is 0 Å². The molecule has 0 saturated heterocycles. The van der Waals surface area contributed by atoms with Crippen LogP contribution in [0.1, 0.15) is 5.89 Å². The lowest BCUT2D eigenvalue weighted by molar-refractivity contribution is 0.384. The van der Waals surface area contributed by atoms with E-state index in [0.29, 0.717) is 0 Å². The summed E-state index contributed by atoms with van der Waals surface area (Å²) in [6, 6.07) is 9.08. The molecule has 118 valence electrons. The lowest BCUT2D eigenvalue weighted by atomic mass is 10.2. The van der Waals surface area contributed by atoms with Crippen molar-refractivity contribution in [2.24, 2.45) is 0 Å². The molecule has 2 aromatic carbocycles. The molecule has 8 heteroatoms. The smallest absolute Gasteiger partial charge is 0.246 e. The fourth-order valence-corrected chi connectivity index (χ4v) is 2.30. The predicted molar refractivity (Wildman–Crippen MR) is 81.1 cm³/mol. The molecule has 0 fully saturated rings. The maximum atomic E-state index is 13.2.